The van der Waals surface area contributed by atoms with E-state index in [-0.39, 0.29) is 36.1 Å². The summed E-state index contributed by atoms with van der Waals surface area (Å²) in [6.07, 6.45) is 2.97. The monoisotopic (exact) mass is 365 g/mol. The van der Waals surface area contributed by atoms with E-state index in [2.05, 4.69) is 4.74 Å². The number of methoxy groups -OCH3 is 1. The molecule has 26 heavy (non-hydrogen) atoms. The maximum absolute atomic E-state index is 12.2. The summed E-state index contributed by atoms with van der Waals surface area (Å²) in [4.78, 5) is 52.1. The van der Waals surface area contributed by atoms with Crippen LogP contribution in [0.5, 0.6) is 0 Å². The molecule has 0 saturated carbocycles. The van der Waals surface area contributed by atoms with Crippen LogP contribution in [0.1, 0.15) is 19.8 Å². The Balaban J connectivity index is 1.57. The van der Waals surface area contributed by atoms with Crippen molar-refractivity contribution in [2.45, 2.75) is 38.0 Å². The van der Waals surface area contributed by atoms with Gasteiger partial charge in [0.05, 0.1) is 19.7 Å². The molecule has 0 aromatic rings. The zero-order valence-electron chi connectivity index (χ0n) is 14.9. The summed E-state index contributed by atoms with van der Waals surface area (Å²) in [7, 11) is 1.25. The third-order valence-corrected chi connectivity index (χ3v) is 5.24. The van der Waals surface area contributed by atoms with E-state index in [1.165, 1.54) is 20.1 Å². The molecule has 142 valence electrons. The number of ether oxygens (including phenoxy) is 2. The molecule has 0 N–H and O–H groups in total. The van der Waals surface area contributed by atoms with Crippen molar-refractivity contribution in [1.29, 1.82) is 0 Å². The molecule has 3 heterocycles. The normalized spacial score (nSPS) is 26.2. The molecule has 3 rings (SSSR count). The van der Waals surface area contributed by atoms with Gasteiger partial charge in [-0.25, -0.2) is 9.59 Å². The predicted octanol–water partition coefficient (Wildman–Crippen LogP) is -0.242. The van der Waals surface area contributed by atoms with Crippen LogP contribution >= 0.6 is 0 Å². The van der Waals surface area contributed by atoms with Crippen LogP contribution in [0.15, 0.2) is 12.2 Å². The van der Waals surface area contributed by atoms with Gasteiger partial charge in [0.1, 0.15) is 6.10 Å². The molecule has 3 saturated heterocycles. The maximum atomic E-state index is 12.2. The van der Waals surface area contributed by atoms with E-state index in [0.29, 0.717) is 39.0 Å². The van der Waals surface area contributed by atoms with Gasteiger partial charge < -0.3 is 19.3 Å². The van der Waals surface area contributed by atoms with E-state index in [4.69, 9.17) is 4.74 Å². The SMILES string of the molecule is COC(=O)/C=C/C(=O)N1CCC(N2C(=O)O[C@H]3CN(C(C)=O)C[C@H]32)CC1. The number of hydrogen-bond acceptors (Lipinski definition) is 6. The number of likely N-dealkylation sites (tertiary alicyclic amines) is 2. The molecule has 9 nitrogen and oxygen atoms in total. The van der Waals surface area contributed by atoms with E-state index >= 15 is 0 Å². The number of esters is 1. The lowest BCUT2D eigenvalue weighted by Gasteiger charge is -2.37. The van der Waals surface area contributed by atoms with Crippen molar-refractivity contribution in [2.24, 2.45) is 0 Å². The standard InChI is InChI=1S/C17H23N3O6/c1-11(21)19-9-13-14(10-19)26-17(24)20(13)12-5-7-18(8-6-12)15(22)3-4-16(23)25-2/h3-4,12-14H,5-10H2,1-2H3/b4-3+/t13-,14+/m1/s1. The second-order valence-corrected chi connectivity index (χ2v) is 6.73. The molecular weight excluding hydrogens is 342 g/mol. The average molecular weight is 365 g/mol. The van der Waals surface area contributed by atoms with Gasteiger partial charge in [-0.1, -0.05) is 0 Å². The molecule has 0 spiro atoms. The lowest BCUT2D eigenvalue weighted by Crippen LogP contribution is -2.51. The highest BCUT2D eigenvalue weighted by Gasteiger charge is 2.51. The fourth-order valence-corrected chi connectivity index (χ4v) is 3.82. The number of fused-ring (bicyclic) bond motifs is 1. The zero-order chi connectivity index (χ0) is 18.8. The smallest absolute Gasteiger partial charge is 0.410 e. The first-order valence-corrected chi connectivity index (χ1v) is 8.70. The predicted molar refractivity (Wildman–Crippen MR) is 88.9 cm³/mol. The molecule has 3 amide bonds. The van der Waals surface area contributed by atoms with Crippen molar-refractivity contribution in [3.63, 3.8) is 0 Å². The quantitative estimate of drug-likeness (QED) is 0.506. The molecule has 3 fully saturated rings. The first-order valence-electron chi connectivity index (χ1n) is 8.70. The molecule has 0 unspecified atom stereocenters. The molecular formula is C17H23N3O6. The molecule has 9 heteroatoms. The van der Waals surface area contributed by atoms with Crippen molar-refractivity contribution in [3.8, 4) is 0 Å². The fraction of sp³-hybridized carbons (Fsp3) is 0.647. The summed E-state index contributed by atoms with van der Waals surface area (Å²) in [5.74, 6) is -0.845. The highest BCUT2D eigenvalue weighted by molar-refractivity contribution is 5.94. The number of hydrogen-bond donors (Lipinski definition) is 0. The van der Waals surface area contributed by atoms with Gasteiger partial charge in [0.15, 0.2) is 0 Å². The van der Waals surface area contributed by atoms with E-state index in [1.807, 2.05) is 0 Å². The van der Waals surface area contributed by atoms with Gasteiger partial charge in [0.25, 0.3) is 0 Å². The van der Waals surface area contributed by atoms with Gasteiger partial charge in [0, 0.05) is 44.8 Å². The summed E-state index contributed by atoms with van der Waals surface area (Å²) in [6.45, 7) is 3.43. The Bertz CT molecular complexity index is 640. The molecule has 3 aliphatic heterocycles. The second kappa shape index (κ2) is 7.35. The van der Waals surface area contributed by atoms with Gasteiger partial charge in [-0.05, 0) is 12.8 Å². The Morgan fingerprint density at radius 2 is 1.81 bits per heavy atom. The van der Waals surface area contributed by atoms with Crippen molar-refractivity contribution >= 4 is 23.9 Å². The Morgan fingerprint density at radius 1 is 1.12 bits per heavy atom. The number of carbonyl (C=O) groups excluding carboxylic acids is 4. The number of carbonyl (C=O) groups is 4. The average Bonchev–Trinajstić information content (AvgIpc) is 3.16. The number of rotatable bonds is 3. The fourth-order valence-electron chi connectivity index (χ4n) is 3.82. The molecule has 0 aliphatic carbocycles. The van der Waals surface area contributed by atoms with Crippen molar-refractivity contribution < 1.29 is 28.7 Å². The van der Waals surface area contributed by atoms with Gasteiger partial charge >= 0.3 is 12.1 Å². The van der Waals surface area contributed by atoms with Crippen molar-refractivity contribution in [2.75, 3.05) is 33.3 Å². The van der Waals surface area contributed by atoms with Crippen molar-refractivity contribution in [1.82, 2.24) is 14.7 Å². The largest absolute Gasteiger partial charge is 0.466 e. The molecule has 0 aromatic carbocycles. The van der Waals surface area contributed by atoms with Crippen molar-refractivity contribution in [3.05, 3.63) is 12.2 Å². The van der Waals surface area contributed by atoms with Gasteiger partial charge in [0.2, 0.25) is 11.8 Å². The lowest BCUT2D eigenvalue weighted by molar-refractivity contribution is -0.135. The van der Waals surface area contributed by atoms with Crippen LogP contribution in [0.25, 0.3) is 0 Å². The molecule has 3 aliphatic rings. The molecule has 0 radical (unpaired) electrons. The van der Waals surface area contributed by atoms with E-state index in [0.717, 1.165) is 6.08 Å². The van der Waals surface area contributed by atoms with Crippen LogP contribution in [0, 0.1) is 0 Å². The number of piperidine rings is 1. The highest BCUT2D eigenvalue weighted by atomic mass is 16.6. The minimum Gasteiger partial charge on any atom is -0.466 e. The van der Waals surface area contributed by atoms with E-state index in [1.54, 1.807) is 14.7 Å². The van der Waals surface area contributed by atoms with E-state index < -0.39 is 5.97 Å². The van der Waals surface area contributed by atoms with Gasteiger partial charge in [-0.15, -0.1) is 0 Å². The topological polar surface area (TPSA) is 96.5 Å². The highest BCUT2D eigenvalue weighted by Crippen LogP contribution is 2.32. The van der Waals surface area contributed by atoms with Crippen LogP contribution in [0.3, 0.4) is 0 Å². The summed E-state index contributed by atoms with van der Waals surface area (Å²) >= 11 is 0. The van der Waals surface area contributed by atoms with Crippen LogP contribution in [-0.4, -0.2) is 90.1 Å². The van der Waals surface area contributed by atoms with Crippen LogP contribution in [0.4, 0.5) is 4.79 Å². The number of amides is 3. The first-order chi connectivity index (χ1) is 12.4. The third kappa shape index (κ3) is 3.51. The van der Waals surface area contributed by atoms with Gasteiger partial charge in [-0.2, -0.15) is 0 Å². The maximum Gasteiger partial charge on any atom is 0.410 e. The Labute approximate surface area is 151 Å². The zero-order valence-corrected chi connectivity index (χ0v) is 14.9. The molecule has 0 bridgehead atoms. The summed E-state index contributed by atoms with van der Waals surface area (Å²) in [5, 5.41) is 0. The Hall–Kier alpha value is -2.58. The minimum absolute atomic E-state index is 0.0157. The summed E-state index contributed by atoms with van der Waals surface area (Å²) in [5.41, 5.74) is 0. The third-order valence-electron chi connectivity index (χ3n) is 5.24. The minimum atomic E-state index is -0.574. The second-order valence-electron chi connectivity index (χ2n) is 6.73. The Kier molecular flexibility index (Phi) is 5.15. The molecule has 2 atom stereocenters. The summed E-state index contributed by atoms with van der Waals surface area (Å²) < 4.78 is 9.90. The Morgan fingerprint density at radius 3 is 2.42 bits per heavy atom. The van der Waals surface area contributed by atoms with Crippen LogP contribution in [0.2, 0.25) is 0 Å². The first kappa shape index (κ1) is 18.2. The lowest BCUT2D eigenvalue weighted by atomic mass is 10.0. The van der Waals surface area contributed by atoms with Gasteiger partial charge in [-0.3, -0.25) is 14.5 Å². The van der Waals surface area contributed by atoms with Crippen LogP contribution < -0.4 is 0 Å². The number of nitrogens with zero attached hydrogens (tertiary/aromatic N) is 3. The van der Waals surface area contributed by atoms with Crippen LogP contribution in [-0.2, 0) is 23.9 Å². The van der Waals surface area contributed by atoms with E-state index in [9.17, 15) is 19.2 Å². The molecule has 0 aromatic heterocycles. The summed E-state index contributed by atoms with van der Waals surface area (Å²) in [6, 6.07) is -0.129.